The maximum atomic E-state index is 13.6. The lowest BCUT2D eigenvalue weighted by Crippen LogP contribution is -2.49. The van der Waals surface area contributed by atoms with E-state index in [1.807, 2.05) is 22.8 Å². The van der Waals surface area contributed by atoms with E-state index in [4.69, 9.17) is 4.74 Å². The molecule has 2 aromatic rings. The first-order valence-corrected chi connectivity index (χ1v) is 10.4. The molecule has 28 heavy (non-hydrogen) atoms. The van der Waals surface area contributed by atoms with Crippen LogP contribution in [0.2, 0.25) is 0 Å². The van der Waals surface area contributed by atoms with Gasteiger partial charge < -0.3 is 9.64 Å². The molecule has 1 aromatic carbocycles. The number of ether oxygens (including phenoxy) is 1. The highest BCUT2D eigenvalue weighted by Crippen LogP contribution is 2.28. The summed E-state index contributed by atoms with van der Waals surface area (Å²) in [6.45, 7) is 3.69. The zero-order valence-electron chi connectivity index (χ0n) is 15.6. The summed E-state index contributed by atoms with van der Waals surface area (Å²) in [5.74, 6) is 0.0370. The van der Waals surface area contributed by atoms with Crippen LogP contribution >= 0.6 is 11.8 Å². The average Bonchev–Trinajstić information content (AvgIpc) is 3.04. The Morgan fingerprint density at radius 3 is 2.82 bits per heavy atom. The Morgan fingerprint density at radius 1 is 1.32 bits per heavy atom. The zero-order valence-corrected chi connectivity index (χ0v) is 16.5. The van der Waals surface area contributed by atoms with Crippen molar-refractivity contribution >= 4 is 34.7 Å². The number of cyclic esters (lactones) is 1. The van der Waals surface area contributed by atoms with Gasteiger partial charge in [0, 0.05) is 35.6 Å². The van der Waals surface area contributed by atoms with Gasteiger partial charge in [-0.3, -0.25) is 14.7 Å². The van der Waals surface area contributed by atoms with E-state index in [2.05, 4.69) is 4.98 Å². The summed E-state index contributed by atoms with van der Waals surface area (Å²) in [4.78, 5) is 33.3. The SMILES string of the molecule is CC1COC(=O)N1C1CCN(C(=O)CSc2ccnc3ccc(F)cc23)CC1. The van der Waals surface area contributed by atoms with E-state index < -0.39 is 0 Å². The van der Waals surface area contributed by atoms with Crippen molar-refractivity contribution in [1.29, 1.82) is 0 Å². The first-order valence-electron chi connectivity index (χ1n) is 9.43. The summed E-state index contributed by atoms with van der Waals surface area (Å²) in [6, 6.07) is 6.52. The Morgan fingerprint density at radius 2 is 2.11 bits per heavy atom. The Kier molecular flexibility index (Phi) is 5.39. The number of likely N-dealkylation sites (tertiary alicyclic amines) is 1. The molecule has 0 spiro atoms. The highest BCUT2D eigenvalue weighted by Gasteiger charge is 2.37. The molecule has 0 radical (unpaired) electrons. The number of carbonyl (C=O) groups is 2. The minimum Gasteiger partial charge on any atom is -0.447 e. The molecule has 2 amide bonds. The second-order valence-corrected chi connectivity index (χ2v) is 8.22. The highest BCUT2D eigenvalue weighted by atomic mass is 32.2. The van der Waals surface area contributed by atoms with Crippen LogP contribution in [-0.4, -0.2) is 64.3 Å². The molecule has 8 heteroatoms. The predicted molar refractivity (Wildman–Crippen MR) is 105 cm³/mol. The number of hydrogen-bond donors (Lipinski definition) is 0. The van der Waals surface area contributed by atoms with Gasteiger partial charge >= 0.3 is 6.09 Å². The number of carbonyl (C=O) groups excluding carboxylic acids is 2. The van der Waals surface area contributed by atoms with Crippen LogP contribution in [0.5, 0.6) is 0 Å². The molecule has 0 aliphatic carbocycles. The summed E-state index contributed by atoms with van der Waals surface area (Å²) < 4.78 is 18.7. The summed E-state index contributed by atoms with van der Waals surface area (Å²) in [6.07, 6.45) is 2.96. The molecular formula is C20H22FN3O3S. The van der Waals surface area contributed by atoms with Crippen LogP contribution in [0.4, 0.5) is 9.18 Å². The Bertz CT molecular complexity index is 901. The summed E-state index contributed by atoms with van der Waals surface area (Å²) in [5.41, 5.74) is 0.714. The fraction of sp³-hybridized carbons (Fsp3) is 0.450. The average molecular weight is 403 g/mol. The lowest BCUT2D eigenvalue weighted by atomic mass is 10.0. The third kappa shape index (κ3) is 3.78. The molecule has 2 aliphatic heterocycles. The maximum Gasteiger partial charge on any atom is 0.410 e. The molecule has 6 nitrogen and oxygen atoms in total. The van der Waals surface area contributed by atoms with E-state index in [9.17, 15) is 14.0 Å². The fourth-order valence-corrected chi connectivity index (χ4v) is 4.82. The van der Waals surface area contributed by atoms with E-state index in [1.165, 1.54) is 23.9 Å². The highest BCUT2D eigenvalue weighted by molar-refractivity contribution is 8.00. The zero-order chi connectivity index (χ0) is 19.7. The van der Waals surface area contributed by atoms with Crippen LogP contribution in [0.25, 0.3) is 10.9 Å². The van der Waals surface area contributed by atoms with Crippen molar-refractivity contribution in [2.45, 2.75) is 36.7 Å². The minimum absolute atomic E-state index is 0.0573. The number of piperidine rings is 1. The number of fused-ring (bicyclic) bond motifs is 1. The van der Waals surface area contributed by atoms with Gasteiger partial charge in [-0.2, -0.15) is 0 Å². The van der Waals surface area contributed by atoms with Crippen molar-refractivity contribution in [3.63, 3.8) is 0 Å². The van der Waals surface area contributed by atoms with Gasteiger partial charge in [-0.05, 0) is 44.0 Å². The second kappa shape index (κ2) is 7.95. The van der Waals surface area contributed by atoms with Crippen LogP contribution in [0.1, 0.15) is 19.8 Å². The number of pyridine rings is 1. The van der Waals surface area contributed by atoms with E-state index >= 15 is 0 Å². The third-order valence-electron chi connectivity index (χ3n) is 5.36. The Hall–Kier alpha value is -2.35. The topological polar surface area (TPSA) is 62.7 Å². The number of aromatic nitrogens is 1. The number of halogens is 1. The Balaban J connectivity index is 1.34. The lowest BCUT2D eigenvalue weighted by Gasteiger charge is -2.37. The first kappa shape index (κ1) is 19.0. The molecule has 2 saturated heterocycles. The molecule has 1 atom stereocenters. The monoisotopic (exact) mass is 403 g/mol. The molecule has 148 valence electrons. The molecule has 2 fully saturated rings. The smallest absolute Gasteiger partial charge is 0.410 e. The molecule has 1 aromatic heterocycles. The number of nitrogens with zero attached hydrogens (tertiary/aromatic N) is 3. The number of hydrogen-bond acceptors (Lipinski definition) is 5. The molecule has 0 N–H and O–H groups in total. The van der Waals surface area contributed by atoms with Gasteiger partial charge in [0.1, 0.15) is 12.4 Å². The molecular weight excluding hydrogens is 381 g/mol. The van der Waals surface area contributed by atoms with Gasteiger partial charge in [0.2, 0.25) is 5.91 Å². The number of amides is 2. The molecule has 2 aliphatic rings. The van der Waals surface area contributed by atoms with Crippen LogP contribution in [0, 0.1) is 5.82 Å². The van der Waals surface area contributed by atoms with Crippen molar-refractivity contribution < 1.29 is 18.7 Å². The number of benzene rings is 1. The fourth-order valence-electron chi connectivity index (χ4n) is 3.88. The van der Waals surface area contributed by atoms with Gasteiger partial charge in [-0.1, -0.05) is 0 Å². The predicted octanol–water partition coefficient (Wildman–Crippen LogP) is 3.30. The van der Waals surface area contributed by atoms with Crippen LogP contribution in [0.3, 0.4) is 0 Å². The van der Waals surface area contributed by atoms with Gasteiger partial charge in [0.25, 0.3) is 0 Å². The third-order valence-corrected chi connectivity index (χ3v) is 6.42. The van der Waals surface area contributed by atoms with Crippen molar-refractivity contribution in [1.82, 2.24) is 14.8 Å². The standard InChI is InChI=1S/C20H22FN3O3S/c1-13-11-27-20(26)24(13)15-5-8-23(9-6-15)19(25)12-28-18-4-7-22-17-3-2-14(21)10-16(17)18/h2-4,7,10,13,15H,5-6,8-9,11-12H2,1H3. The quantitative estimate of drug-likeness (QED) is 0.733. The van der Waals surface area contributed by atoms with Crippen LogP contribution < -0.4 is 0 Å². The van der Waals surface area contributed by atoms with Gasteiger partial charge in [0.15, 0.2) is 0 Å². The molecule has 0 bridgehead atoms. The largest absolute Gasteiger partial charge is 0.447 e. The first-order chi connectivity index (χ1) is 13.5. The van der Waals surface area contributed by atoms with Gasteiger partial charge in [-0.15, -0.1) is 11.8 Å². The summed E-state index contributed by atoms with van der Waals surface area (Å²) in [7, 11) is 0. The van der Waals surface area contributed by atoms with Gasteiger partial charge in [-0.25, -0.2) is 9.18 Å². The summed E-state index contributed by atoms with van der Waals surface area (Å²) in [5, 5.41) is 0.723. The van der Waals surface area contributed by atoms with Crippen molar-refractivity contribution in [2.75, 3.05) is 25.4 Å². The number of thioether (sulfide) groups is 1. The summed E-state index contributed by atoms with van der Waals surface area (Å²) >= 11 is 1.40. The minimum atomic E-state index is -0.314. The van der Waals surface area contributed by atoms with Crippen LogP contribution in [-0.2, 0) is 9.53 Å². The van der Waals surface area contributed by atoms with Crippen molar-refractivity contribution in [3.8, 4) is 0 Å². The lowest BCUT2D eigenvalue weighted by molar-refractivity contribution is -0.129. The van der Waals surface area contributed by atoms with Crippen molar-refractivity contribution in [3.05, 3.63) is 36.3 Å². The Labute approximate surface area is 167 Å². The van der Waals surface area contributed by atoms with Crippen molar-refractivity contribution in [2.24, 2.45) is 0 Å². The molecule has 3 heterocycles. The second-order valence-electron chi connectivity index (χ2n) is 7.20. The molecule has 4 rings (SSSR count). The number of rotatable bonds is 4. The van der Waals surface area contributed by atoms with E-state index in [0.717, 1.165) is 23.1 Å². The van der Waals surface area contributed by atoms with Crippen LogP contribution in [0.15, 0.2) is 35.4 Å². The van der Waals surface area contributed by atoms with E-state index in [-0.39, 0.29) is 29.9 Å². The molecule has 0 saturated carbocycles. The molecule has 1 unspecified atom stereocenters. The maximum absolute atomic E-state index is 13.6. The van der Waals surface area contributed by atoms with Gasteiger partial charge in [0.05, 0.1) is 17.3 Å². The normalized spacial score (nSPS) is 20.6. The van der Waals surface area contributed by atoms with E-state index in [1.54, 1.807) is 12.3 Å². The van der Waals surface area contributed by atoms with E-state index in [0.29, 0.717) is 31.0 Å².